The van der Waals surface area contributed by atoms with Crippen LogP contribution in [0.5, 0.6) is 0 Å². The molecule has 0 amide bonds. The molecule has 1 aromatic carbocycles. The van der Waals surface area contributed by atoms with Gasteiger partial charge in [-0.2, -0.15) is 0 Å². The summed E-state index contributed by atoms with van der Waals surface area (Å²) in [6, 6.07) is 3.59. The number of halogens is 1. The molecule has 0 aliphatic heterocycles. The molecule has 0 fully saturated rings. The highest BCUT2D eigenvalue weighted by molar-refractivity contribution is 7.89. The number of rotatable bonds is 3. The molecule has 0 radical (unpaired) electrons. The van der Waals surface area contributed by atoms with E-state index in [-0.39, 0.29) is 17.0 Å². The van der Waals surface area contributed by atoms with Crippen molar-refractivity contribution < 1.29 is 12.8 Å². The summed E-state index contributed by atoms with van der Waals surface area (Å²) in [6.07, 6.45) is 0. The van der Waals surface area contributed by atoms with Crippen LogP contribution in [0.25, 0.3) is 0 Å². The van der Waals surface area contributed by atoms with Crippen molar-refractivity contribution in [3.63, 3.8) is 0 Å². The highest BCUT2D eigenvalue weighted by Crippen LogP contribution is 2.17. The summed E-state index contributed by atoms with van der Waals surface area (Å²) in [6.45, 7) is -0.0252. The molecule has 6 heteroatoms. The monoisotopic (exact) mass is 232 g/mol. The Bertz CT molecular complexity index is 457. The molecule has 0 atom stereocenters. The van der Waals surface area contributed by atoms with Gasteiger partial charge >= 0.3 is 0 Å². The van der Waals surface area contributed by atoms with Crippen molar-refractivity contribution in [2.45, 2.75) is 11.4 Å². The molecule has 0 saturated heterocycles. The molecule has 1 rings (SSSR count). The first-order chi connectivity index (χ1) is 6.89. The number of hydrogen-bond acceptors (Lipinski definition) is 3. The molecule has 0 bridgehead atoms. The van der Waals surface area contributed by atoms with Gasteiger partial charge in [0.1, 0.15) is 5.82 Å². The maximum Gasteiger partial charge on any atom is 0.242 e. The molecule has 0 heterocycles. The predicted molar refractivity (Wildman–Crippen MR) is 55.2 cm³/mol. The highest BCUT2D eigenvalue weighted by Gasteiger charge is 2.18. The van der Waals surface area contributed by atoms with Crippen molar-refractivity contribution in [1.29, 1.82) is 0 Å². The maximum absolute atomic E-state index is 13.1. The van der Waals surface area contributed by atoms with E-state index in [4.69, 9.17) is 5.73 Å². The van der Waals surface area contributed by atoms with Crippen molar-refractivity contribution in [2.75, 3.05) is 14.1 Å². The largest absolute Gasteiger partial charge is 0.326 e. The molecule has 0 spiro atoms. The lowest BCUT2D eigenvalue weighted by Crippen LogP contribution is -2.22. The third-order valence-corrected chi connectivity index (χ3v) is 3.83. The molecule has 0 aliphatic carbocycles. The standard InChI is InChI=1S/C9H13FN2O2S/c1-12(2)15(13,14)8-3-4-9(10)7(5-8)6-11/h3-5H,6,11H2,1-2H3. The van der Waals surface area contributed by atoms with Crippen LogP contribution < -0.4 is 5.73 Å². The Kier molecular flexibility index (Phi) is 3.43. The van der Waals surface area contributed by atoms with Crippen molar-refractivity contribution in [3.05, 3.63) is 29.6 Å². The number of sulfonamides is 1. The molecule has 0 aliphatic rings. The van der Waals surface area contributed by atoms with E-state index in [0.717, 1.165) is 10.4 Å². The Morgan fingerprint density at radius 3 is 2.47 bits per heavy atom. The summed E-state index contributed by atoms with van der Waals surface area (Å²) < 4.78 is 37.5. The van der Waals surface area contributed by atoms with Gasteiger partial charge in [0.25, 0.3) is 0 Å². The minimum absolute atomic E-state index is 0.0252. The first kappa shape index (κ1) is 12.1. The lowest BCUT2D eigenvalue weighted by molar-refractivity contribution is 0.520. The van der Waals surface area contributed by atoms with Gasteiger partial charge in [0.2, 0.25) is 10.0 Å². The van der Waals surface area contributed by atoms with E-state index in [1.54, 1.807) is 0 Å². The average Bonchev–Trinajstić information content (AvgIpc) is 2.18. The third kappa shape index (κ3) is 2.34. The van der Waals surface area contributed by atoms with Crippen molar-refractivity contribution in [2.24, 2.45) is 5.73 Å². The molecule has 4 nitrogen and oxygen atoms in total. The van der Waals surface area contributed by atoms with Gasteiger partial charge in [-0.1, -0.05) is 0 Å². The van der Waals surface area contributed by atoms with Gasteiger partial charge in [-0.15, -0.1) is 0 Å². The Labute approximate surface area is 88.6 Å². The van der Waals surface area contributed by atoms with E-state index in [9.17, 15) is 12.8 Å². The van der Waals surface area contributed by atoms with E-state index >= 15 is 0 Å². The van der Waals surface area contributed by atoms with E-state index < -0.39 is 15.8 Å². The average molecular weight is 232 g/mol. The highest BCUT2D eigenvalue weighted by atomic mass is 32.2. The van der Waals surface area contributed by atoms with E-state index in [2.05, 4.69) is 0 Å². The molecular formula is C9H13FN2O2S. The van der Waals surface area contributed by atoms with Crippen LogP contribution in [0.2, 0.25) is 0 Å². The second-order valence-electron chi connectivity index (χ2n) is 3.24. The first-order valence-electron chi connectivity index (χ1n) is 4.30. The van der Waals surface area contributed by atoms with Crippen LogP contribution in [-0.2, 0) is 16.6 Å². The van der Waals surface area contributed by atoms with Gasteiger partial charge in [-0.05, 0) is 18.2 Å². The smallest absolute Gasteiger partial charge is 0.242 e. The van der Waals surface area contributed by atoms with Crippen LogP contribution in [0.15, 0.2) is 23.1 Å². The second-order valence-corrected chi connectivity index (χ2v) is 5.40. The van der Waals surface area contributed by atoms with Crippen molar-refractivity contribution >= 4 is 10.0 Å². The third-order valence-electron chi connectivity index (χ3n) is 2.02. The Balaban J connectivity index is 3.29. The van der Waals surface area contributed by atoms with Crippen LogP contribution in [0, 0.1) is 5.82 Å². The minimum Gasteiger partial charge on any atom is -0.326 e. The predicted octanol–water partition coefficient (Wildman–Crippen LogP) is 0.535. The Hall–Kier alpha value is -0.980. The number of nitrogens with two attached hydrogens (primary N) is 1. The van der Waals surface area contributed by atoms with Gasteiger partial charge < -0.3 is 5.73 Å². The van der Waals surface area contributed by atoms with E-state index in [1.807, 2.05) is 0 Å². The molecule has 0 saturated carbocycles. The quantitative estimate of drug-likeness (QED) is 0.827. The summed E-state index contributed by atoms with van der Waals surface area (Å²) in [5.41, 5.74) is 5.48. The van der Waals surface area contributed by atoms with Gasteiger partial charge in [0, 0.05) is 26.2 Å². The Morgan fingerprint density at radius 1 is 1.40 bits per heavy atom. The van der Waals surface area contributed by atoms with Crippen LogP contribution in [0.3, 0.4) is 0 Å². The summed E-state index contributed by atoms with van der Waals surface area (Å²) >= 11 is 0. The second kappa shape index (κ2) is 4.26. The normalized spacial score (nSPS) is 12.1. The number of hydrogen-bond donors (Lipinski definition) is 1. The van der Waals surface area contributed by atoms with E-state index in [1.165, 1.54) is 26.2 Å². The SMILES string of the molecule is CN(C)S(=O)(=O)c1ccc(F)c(CN)c1. The fraction of sp³-hybridized carbons (Fsp3) is 0.333. The fourth-order valence-corrected chi connectivity index (χ4v) is 2.03. The van der Waals surface area contributed by atoms with Crippen LogP contribution in [0.4, 0.5) is 4.39 Å². The summed E-state index contributed by atoms with van der Waals surface area (Å²) in [5.74, 6) is -0.491. The Morgan fingerprint density at radius 2 is 2.00 bits per heavy atom. The maximum atomic E-state index is 13.1. The fourth-order valence-electron chi connectivity index (χ4n) is 1.08. The van der Waals surface area contributed by atoms with Crippen molar-refractivity contribution in [3.8, 4) is 0 Å². The van der Waals surface area contributed by atoms with E-state index in [0.29, 0.717) is 0 Å². The first-order valence-corrected chi connectivity index (χ1v) is 5.74. The summed E-state index contributed by atoms with van der Waals surface area (Å²) in [4.78, 5) is 0.0503. The number of nitrogens with zero attached hydrogens (tertiary/aromatic N) is 1. The van der Waals surface area contributed by atoms with Gasteiger partial charge in [0.15, 0.2) is 0 Å². The van der Waals surface area contributed by atoms with Gasteiger partial charge in [-0.3, -0.25) is 0 Å². The zero-order valence-corrected chi connectivity index (χ0v) is 9.38. The molecule has 0 unspecified atom stereocenters. The zero-order valence-electron chi connectivity index (χ0n) is 8.57. The van der Waals surface area contributed by atoms with Gasteiger partial charge in [0.05, 0.1) is 4.90 Å². The molecule has 1 aromatic rings. The van der Waals surface area contributed by atoms with Crippen LogP contribution in [0.1, 0.15) is 5.56 Å². The molecule has 15 heavy (non-hydrogen) atoms. The molecule has 2 N–H and O–H groups in total. The zero-order chi connectivity index (χ0) is 11.6. The summed E-state index contributed by atoms with van der Waals surface area (Å²) in [5, 5.41) is 0. The van der Waals surface area contributed by atoms with Crippen LogP contribution >= 0.6 is 0 Å². The van der Waals surface area contributed by atoms with Crippen molar-refractivity contribution in [1.82, 2.24) is 4.31 Å². The summed E-state index contributed by atoms with van der Waals surface area (Å²) in [7, 11) is -0.680. The minimum atomic E-state index is -3.52. The number of benzene rings is 1. The lowest BCUT2D eigenvalue weighted by atomic mass is 10.2. The molecular weight excluding hydrogens is 219 g/mol. The van der Waals surface area contributed by atoms with Crippen LogP contribution in [-0.4, -0.2) is 26.8 Å². The lowest BCUT2D eigenvalue weighted by Gasteiger charge is -2.12. The van der Waals surface area contributed by atoms with Gasteiger partial charge in [-0.25, -0.2) is 17.1 Å². The molecule has 84 valence electrons. The topological polar surface area (TPSA) is 63.4 Å². The molecule has 0 aromatic heterocycles.